The first-order valence-corrected chi connectivity index (χ1v) is 8.27. The normalized spacial score (nSPS) is 16.5. The molecule has 0 unspecified atom stereocenters. The maximum Gasteiger partial charge on any atom is 0.308 e. The number of hydrogen-bond donors (Lipinski definition) is 2. The topological polar surface area (TPSA) is 85.6 Å². The van der Waals surface area contributed by atoms with Crippen molar-refractivity contribution < 1.29 is 14.6 Å². The highest BCUT2D eigenvalue weighted by molar-refractivity contribution is 5.70. The first-order chi connectivity index (χ1) is 11.6. The molecular formula is C18H25N3O3. The zero-order chi connectivity index (χ0) is 17.4. The van der Waals surface area contributed by atoms with Crippen LogP contribution in [0.4, 0.5) is 5.69 Å². The van der Waals surface area contributed by atoms with Gasteiger partial charge in [-0.05, 0) is 30.5 Å². The fraction of sp³-hybridized carbons (Fsp3) is 0.556. The first kappa shape index (κ1) is 18.2. The summed E-state index contributed by atoms with van der Waals surface area (Å²) in [7, 11) is 1.34. The van der Waals surface area contributed by atoms with Crippen molar-refractivity contribution in [3.63, 3.8) is 0 Å². The van der Waals surface area contributed by atoms with Gasteiger partial charge in [0.1, 0.15) is 0 Å². The predicted octanol–water partition coefficient (Wildman–Crippen LogP) is 1.58. The second-order valence-electron chi connectivity index (χ2n) is 6.22. The fourth-order valence-corrected chi connectivity index (χ4v) is 2.90. The first-order valence-electron chi connectivity index (χ1n) is 8.27. The van der Waals surface area contributed by atoms with Crippen LogP contribution in [0, 0.1) is 11.3 Å². The van der Waals surface area contributed by atoms with Crippen molar-refractivity contribution in [3.05, 3.63) is 29.8 Å². The third-order valence-electron chi connectivity index (χ3n) is 4.44. The van der Waals surface area contributed by atoms with Gasteiger partial charge >= 0.3 is 5.97 Å². The van der Waals surface area contributed by atoms with E-state index in [1.807, 2.05) is 0 Å². The standard InChI is InChI=1S/C18H25N3O3/c1-24-17(22)13-18(23)7-11-21(12-8-18)16-5-3-15(4-6-16)14-20-10-2-9-19/h3-6,20,23H,2,7-8,10-14H2,1H3. The molecule has 0 amide bonds. The summed E-state index contributed by atoms with van der Waals surface area (Å²) in [5.41, 5.74) is 1.35. The van der Waals surface area contributed by atoms with Crippen LogP contribution in [0.25, 0.3) is 0 Å². The summed E-state index contributed by atoms with van der Waals surface area (Å²) >= 11 is 0. The molecule has 130 valence electrons. The van der Waals surface area contributed by atoms with Crippen molar-refractivity contribution in [1.82, 2.24) is 5.32 Å². The van der Waals surface area contributed by atoms with Crippen molar-refractivity contribution >= 4 is 11.7 Å². The predicted molar refractivity (Wildman–Crippen MR) is 91.4 cm³/mol. The highest BCUT2D eigenvalue weighted by Gasteiger charge is 2.34. The Balaban J connectivity index is 1.83. The molecule has 0 radical (unpaired) electrons. The monoisotopic (exact) mass is 331 g/mol. The number of ether oxygens (including phenoxy) is 1. The number of piperidine rings is 1. The number of benzene rings is 1. The van der Waals surface area contributed by atoms with Crippen LogP contribution in [-0.4, -0.2) is 43.4 Å². The largest absolute Gasteiger partial charge is 0.469 e. The highest BCUT2D eigenvalue weighted by atomic mass is 16.5. The zero-order valence-corrected chi connectivity index (χ0v) is 14.1. The van der Waals surface area contributed by atoms with Crippen molar-refractivity contribution in [1.29, 1.82) is 5.26 Å². The Morgan fingerprint density at radius 2 is 2.04 bits per heavy atom. The molecule has 2 rings (SSSR count). The summed E-state index contributed by atoms with van der Waals surface area (Å²) in [4.78, 5) is 13.6. The average Bonchev–Trinajstić information content (AvgIpc) is 2.60. The lowest BCUT2D eigenvalue weighted by Gasteiger charge is -2.38. The summed E-state index contributed by atoms with van der Waals surface area (Å²) in [6, 6.07) is 10.4. The van der Waals surface area contributed by atoms with E-state index < -0.39 is 5.60 Å². The number of methoxy groups -OCH3 is 1. The quantitative estimate of drug-likeness (QED) is 0.583. The summed E-state index contributed by atoms with van der Waals surface area (Å²) in [5, 5.41) is 22.2. The van der Waals surface area contributed by atoms with E-state index in [1.165, 1.54) is 12.7 Å². The van der Waals surface area contributed by atoms with Gasteiger partial charge in [0.25, 0.3) is 0 Å². The number of hydrogen-bond acceptors (Lipinski definition) is 6. The molecule has 1 aromatic carbocycles. The summed E-state index contributed by atoms with van der Waals surface area (Å²) in [6.07, 6.45) is 1.68. The highest BCUT2D eigenvalue weighted by Crippen LogP contribution is 2.29. The third-order valence-corrected chi connectivity index (χ3v) is 4.44. The lowest BCUT2D eigenvalue weighted by molar-refractivity contribution is -0.147. The molecule has 1 aliphatic heterocycles. The van der Waals surface area contributed by atoms with Crippen LogP contribution in [0.2, 0.25) is 0 Å². The molecule has 24 heavy (non-hydrogen) atoms. The van der Waals surface area contributed by atoms with Crippen LogP contribution < -0.4 is 10.2 Å². The number of carbonyl (C=O) groups is 1. The van der Waals surface area contributed by atoms with E-state index in [2.05, 4.69) is 45.3 Å². The molecule has 1 heterocycles. The van der Waals surface area contributed by atoms with Crippen molar-refractivity contribution in [2.45, 2.75) is 37.8 Å². The lowest BCUT2D eigenvalue weighted by atomic mass is 9.88. The summed E-state index contributed by atoms with van der Waals surface area (Å²) in [5.74, 6) is -0.362. The summed E-state index contributed by atoms with van der Waals surface area (Å²) in [6.45, 7) is 2.88. The molecule has 0 aromatic heterocycles. The van der Waals surface area contributed by atoms with E-state index in [9.17, 15) is 9.90 Å². The Bertz CT molecular complexity index is 572. The Morgan fingerprint density at radius 3 is 2.62 bits per heavy atom. The second kappa shape index (κ2) is 8.67. The molecule has 0 atom stereocenters. The second-order valence-corrected chi connectivity index (χ2v) is 6.22. The van der Waals surface area contributed by atoms with Crippen LogP contribution in [0.5, 0.6) is 0 Å². The molecule has 1 fully saturated rings. The number of nitrogens with zero attached hydrogens (tertiary/aromatic N) is 2. The third kappa shape index (κ3) is 5.22. The molecular weight excluding hydrogens is 306 g/mol. The molecule has 0 aliphatic carbocycles. The SMILES string of the molecule is COC(=O)CC1(O)CCN(c2ccc(CNCCC#N)cc2)CC1. The molecule has 6 nitrogen and oxygen atoms in total. The zero-order valence-electron chi connectivity index (χ0n) is 14.1. The molecule has 2 N–H and O–H groups in total. The molecule has 0 saturated carbocycles. The number of aliphatic hydroxyl groups is 1. The van der Waals surface area contributed by atoms with E-state index in [1.54, 1.807) is 0 Å². The van der Waals surface area contributed by atoms with E-state index in [0.29, 0.717) is 38.9 Å². The maximum absolute atomic E-state index is 11.4. The minimum atomic E-state index is -0.950. The number of carbonyl (C=O) groups excluding carboxylic acids is 1. The average molecular weight is 331 g/mol. The van der Waals surface area contributed by atoms with Gasteiger partial charge < -0.3 is 20.1 Å². The van der Waals surface area contributed by atoms with Crippen molar-refractivity contribution in [3.8, 4) is 6.07 Å². The van der Waals surface area contributed by atoms with Crippen LogP contribution in [0.3, 0.4) is 0 Å². The Hall–Kier alpha value is -2.10. The van der Waals surface area contributed by atoms with Gasteiger partial charge in [-0.25, -0.2) is 0 Å². The lowest BCUT2D eigenvalue weighted by Crippen LogP contribution is -2.45. The van der Waals surface area contributed by atoms with Gasteiger partial charge in [0.05, 0.1) is 25.2 Å². The van der Waals surface area contributed by atoms with Crippen molar-refractivity contribution in [2.24, 2.45) is 0 Å². The minimum Gasteiger partial charge on any atom is -0.469 e. The van der Waals surface area contributed by atoms with Crippen LogP contribution >= 0.6 is 0 Å². The maximum atomic E-state index is 11.4. The van der Waals surface area contributed by atoms with Crippen LogP contribution in [0.1, 0.15) is 31.2 Å². The number of rotatable bonds is 7. The van der Waals surface area contributed by atoms with Gasteiger partial charge in [-0.2, -0.15) is 5.26 Å². The van der Waals surface area contributed by atoms with Crippen LogP contribution in [-0.2, 0) is 16.1 Å². The Labute approximate surface area is 143 Å². The number of nitrogens with one attached hydrogen (secondary N) is 1. The van der Waals surface area contributed by atoms with E-state index in [0.717, 1.165) is 12.2 Å². The number of anilines is 1. The number of nitriles is 1. The van der Waals surface area contributed by atoms with Gasteiger partial charge in [0.15, 0.2) is 0 Å². The fourth-order valence-electron chi connectivity index (χ4n) is 2.90. The smallest absolute Gasteiger partial charge is 0.308 e. The van der Waals surface area contributed by atoms with E-state index in [-0.39, 0.29) is 12.4 Å². The van der Waals surface area contributed by atoms with Gasteiger partial charge in [-0.15, -0.1) is 0 Å². The number of esters is 1. The van der Waals surface area contributed by atoms with Gasteiger partial charge in [-0.1, -0.05) is 12.1 Å². The molecule has 1 aromatic rings. The molecule has 0 bridgehead atoms. The van der Waals surface area contributed by atoms with E-state index in [4.69, 9.17) is 5.26 Å². The summed E-state index contributed by atoms with van der Waals surface area (Å²) < 4.78 is 4.65. The van der Waals surface area contributed by atoms with Crippen LogP contribution in [0.15, 0.2) is 24.3 Å². The van der Waals surface area contributed by atoms with Gasteiger partial charge in [0.2, 0.25) is 0 Å². The van der Waals surface area contributed by atoms with Crippen molar-refractivity contribution in [2.75, 3.05) is 31.6 Å². The van der Waals surface area contributed by atoms with Gasteiger partial charge in [-0.3, -0.25) is 4.79 Å². The molecule has 1 aliphatic rings. The van der Waals surface area contributed by atoms with Gasteiger partial charge in [0, 0.05) is 38.3 Å². The molecule has 0 spiro atoms. The van der Waals surface area contributed by atoms with E-state index >= 15 is 0 Å². The molecule has 1 saturated heterocycles. The molecule has 6 heteroatoms. The Kier molecular flexibility index (Phi) is 6.59. The Morgan fingerprint density at radius 1 is 1.38 bits per heavy atom. The minimum absolute atomic E-state index is 0.0602.